The zero-order valence-electron chi connectivity index (χ0n) is 12.1. The molecule has 0 fully saturated rings. The molecule has 0 aromatic heterocycles. The number of carbonyl (C=O) groups excluding carboxylic acids is 1. The Morgan fingerprint density at radius 3 is 2.57 bits per heavy atom. The van der Waals surface area contributed by atoms with E-state index in [2.05, 4.69) is 5.32 Å². The summed E-state index contributed by atoms with van der Waals surface area (Å²) in [5.41, 5.74) is -0.774. The highest BCUT2D eigenvalue weighted by atomic mass is 19.3. The Kier molecular flexibility index (Phi) is 5.81. The van der Waals surface area contributed by atoms with Crippen molar-refractivity contribution in [2.45, 2.75) is 32.8 Å². The van der Waals surface area contributed by atoms with E-state index in [-0.39, 0.29) is 6.54 Å². The van der Waals surface area contributed by atoms with Crippen molar-refractivity contribution < 1.29 is 22.7 Å². The largest absolute Gasteiger partial charge is 0.444 e. The average molecular weight is 301 g/mol. The number of alkyl halides is 2. The van der Waals surface area contributed by atoms with Gasteiger partial charge in [0.25, 0.3) is 6.43 Å². The highest BCUT2D eigenvalue weighted by Crippen LogP contribution is 2.22. The Hall–Kier alpha value is -1.98. The number of amides is 1. The van der Waals surface area contributed by atoms with Gasteiger partial charge >= 0.3 is 6.09 Å². The standard InChI is InChI=1S/C15H18F3NO2/c1-15(2,3)21-14(20)19-8-4-5-10-6-7-11(13(17)18)12(16)9-10/h4-7,9,13H,8H2,1-3H3,(H,19,20). The van der Waals surface area contributed by atoms with Crippen LogP contribution in [0.1, 0.15) is 38.3 Å². The highest BCUT2D eigenvalue weighted by Gasteiger charge is 2.15. The van der Waals surface area contributed by atoms with E-state index in [1.165, 1.54) is 12.1 Å². The topological polar surface area (TPSA) is 38.3 Å². The molecule has 0 aliphatic rings. The molecule has 0 atom stereocenters. The molecule has 21 heavy (non-hydrogen) atoms. The van der Waals surface area contributed by atoms with E-state index in [1.54, 1.807) is 26.8 Å². The number of rotatable bonds is 4. The second kappa shape index (κ2) is 7.15. The van der Waals surface area contributed by atoms with Gasteiger partial charge in [0.05, 0.1) is 5.56 Å². The Morgan fingerprint density at radius 1 is 1.38 bits per heavy atom. The second-order valence-electron chi connectivity index (χ2n) is 5.37. The Labute approximate surface area is 121 Å². The normalized spacial score (nSPS) is 12.0. The number of nitrogens with one attached hydrogen (secondary N) is 1. The number of benzene rings is 1. The molecule has 0 radical (unpaired) electrons. The van der Waals surface area contributed by atoms with Crippen molar-refractivity contribution >= 4 is 12.2 Å². The van der Waals surface area contributed by atoms with Gasteiger partial charge in [-0.2, -0.15) is 0 Å². The number of alkyl carbamates (subject to hydrolysis) is 1. The second-order valence-corrected chi connectivity index (χ2v) is 5.37. The fraction of sp³-hybridized carbons (Fsp3) is 0.400. The van der Waals surface area contributed by atoms with Crippen molar-refractivity contribution in [2.24, 2.45) is 0 Å². The van der Waals surface area contributed by atoms with Crippen LogP contribution in [-0.2, 0) is 4.74 Å². The van der Waals surface area contributed by atoms with Crippen LogP contribution in [0.2, 0.25) is 0 Å². The molecule has 0 saturated carbocycles. The molecule has 0 heterocycles. The number of hydrogen-bond donors (Lipinski definition) is 1. The molecule has 1 rings (SSSR count). The maximum atomic E-state index is 13.3. The summed E-state index contributed by atoms with van der Waals surface area (Å²) in [6, 6.07) is 3.45. The minimum absolute atomic E-state index is 0.188. The van der Waals surface area contributed by atoms with Crippen LogP contribution in [-0.4, -0.2) is 18.2 Å². The molecule has 1 amide bonds. The van der Waals surface area contributed by atoms with Crippen molar-refractivity contribution in [1.82, 2.24) is 5.32 Å². The van der Waals surface area contributed by atoms with E-state index in [4.69, 9.17) is 4.74 Å². The quantitative estimate of drug-likeness (QED) is 0.900. The first kappa shape index (κ1) is 17.1. The third kappa shape index (κ3) is 6.33. The smallest absolute Gasteiger partial charge is 0.407 e. The molecule has 0 bridgehead atoms. The van der Waals surface area contributed by atoms with Crippen LogP contribution in [0.25, 0.3) is 6.08 Å². The molecule has 0 unspecified atom stereocenters. The molecule has 0 aliphatic heterocycles. The predicted octanol–water partition coefficient (Wildman–Crippen LogP) is 4.30. The molecule has 1 N–H and O–H groups in total. The van der Waals surface area contributed by atoms with Gasteiger partial charge in [0.2, 0.25) is 0 Å². The lowest BCUT2D eigenvalue weighted by molar-refractivity contribution is 0.0534. The molecule has 1 aromatic rings. The van der Waals surface area contributed by atoms with Crippen molar-refractivity contribution in [2.75, 3.05) is 6.54 Å². The molecular weight excluding hydrogens is 283 g/mol. The van der Waals surface area contributed by atoms with Gasteiger partial charge in [-0.1, -0.05) is 18.2 Å². The first-order chi connectivity index (χ1) is 9.69. The van der Waals surface area contributed by atoms with Crippen molar-refractivity contribution in [3.8, 4) is 0 Å². The fourth-order valence-electron chi connectivity index (χ4n) is 1.48. The summed E-state index contributed by atoms with van der Waals surface area (Å²) < 4.78 is 43.1. The average Bonchev–Trinajstić information content (AvgIpc) is 2.32. The van der Waals surface area contributed by atoms with Crippen LogP contribution in [0.3, 0.4) is 0 Å². The minimum Gasteiger partial charge on any atom is -0.444 e. The summed E-state index contributed by atoms with van der Waals surface area (Å²) in [7, 11) is 0. The minimum atomic E-state index is -2.84. The number of ether oxygens (including phenoxy) is 1. The Balaban J connectivity index is 2.51. The van der Waals surface area contributed by atoms with Crippen LogP contribution < -0.4 is 5.32 Å². The zero-order chi connectivity index (χ0) is 16.0. The van der Waals surface area contributed by atoms with E-state index in [9.17, 15) is 18.0 Å². The van der Waals surface area contributed by atoms with Crippen molar-refractivity contribution in [3.63, 3.8) is 0 Å². The summed E-state index contributed by atoms with van der Waals surface area (Å²) >= 11 is 0. The maximum Gasteiger partial charge on any atom is 0.407 e. The van der Waals surface area contributed by atoms with Crippen LogP contribution in [0.5, 0.6) is 0 Å². The first-order valence-electron chi connectivity index (χ1n) is 6.40. The lowest BCUT2D eigenvalue weighted by atomic mass is 10.1. The molecular formula is C15H18F3NO2. The number of hydrogen-bond acceptors (Lipinski definition) is 2. The van der Waals surface area contributed by atoms with E-state index in [0.29, 0.717) is 5.56 Å². The Bertz CT molecular complexity index is 522. The van der Waals surface area contributed by atoms with E-state index < -0.39 is 29.5 Å². The fourth-order valence-corrected chi connectivity index (χ4v) is 1.48. The van der Waals surface area contributed by atoms with E-state index in [0.717, 1.165) is 12.1 Å². The summed E-state index contributed by atoms with van der Waals surface area (Å²) in [6.07, 6.45) is -0.306. The van der Waals surface area contributed by atoms with E-state index in [1.807, 2.05) is 0 Å². The lowest BCUT2D eigenvalue weighted by Gasteiger charge is -2.19. The first-order valence-corrected chi connectivity index (χ1v) is 6.40. The maximum absolute atomic E-state index is 13.3. The van der Waals surface area contributed by atoms with E-state index >= 15 is 0 Å². The van der Waals surface area contributed by atoms with Gasteiger partial charge in [0.15, 0.2) is 0 Å². The summed E-state index contributed by atoms with van der Waals surface area (Å²) in [4.78, 5) is 11.3. The SMILES string of the molecule is CC(C)(C)OC(=O)NCC=Cc1ccc(C(F)F)c(F)c1. The molecule has 3 nitrogen and oxygen atoms in total. The van der Waals surface area contributed by atoms with Gasteiger partial charge in [-0.15, -0.1) is 0 Å². The molecule has 6 heteroatoms. The van der Waals surface area contributed by atoms with Crippen LogP contribution in [0.15, 0.2) is 24.3 Å². The van der Waals surface area contributed by atoms with Gasteiger partial charge in [-0.3, -0.25) is 0 Å². The van der Waals surface area contributed by atoms with Gasteiger partial charge in [-0.05, 0) is 38.5 Å². The molecule has 0 saturated heterocycles. The third-order valence-electron chi connectivity index (χ3n) is 2.33. The van der Waals surface area contributed by atoms with Gasteiger partial charge in [0, 0.05) is 6.54 Å². The van der Waals surface area contributed by atoms with Gasteiger partial charge in [-0.25, -0.2) is 18.0 Å². The van der Waals surface area contributed by atoms with Gasteiger partial charge in [0.1, 0.15) is 11.4 Å². The summed E-state index contributed by atoms with van der Waals surface area (Å²) in [5.74, 6) is -0.952. The highest BCUT2D eigenvalue weighted by molar-refractivity contribution is 5.68. The summed E-state index contributed by atoms with van der Waals surface area (Å²) in [5, 5.41) is 2.49. The predicted molar refractivity (Wildman–Crippen MR) is 74.6 cm³/mol. The molecule has 116 valence electrons. The molecule has 0 aliphatic carbocycles. The van der Waals surface area contributed by atoms with Crippen LogP contribution >= 0.6 is 0 Å². The third-order valence-corrected chi connectivity index (χ3v) is 2.33. The van der Waals surface area contributed by atoms with Crippen molar-refractivity contribution in [1.29, 1.82) is 0 Å². The molecule has 0 spiro atoms. The number of halogens is 3. The van der Waals surface area contributed by atoms with Crippen LogP contribution in [0.4, 0.5) is 18.0 Å². The lowest BCUT2D eigenvalue weighted by Crippen LogP contribution is -2.32. The van der Waals surface area contributed by atoms with Crippen LogP contribution in [0, 0.1) is 5.82 Å². The number of carbonyl (C=O) groups is 1. The summed E-state index contributed by atoms with van der Waals surface area (Å²) in [6.45, 7) is 5.43. The van der Waals surface area contributed by atoms with Gasteiger partial charge < -0.3 is 10.1 Å². The monoisotopic (exact) mass is 301 g/mol. The molecule has 1 aromatic carbocycles. The zero-order valence-corrected chi connectivity index (χ0v) is 12.1. The Morgan fingerprint density at radius 2 is 2.05 bits per heavy atom. The van der Waals surface area contributed by atoms with Crippen molar-refractivity contribution in [3.05, 3.63) is 41.2 Å².